The highest BCUT2D eigenvalue weighted by Crippen LogP contribution is 2.38. The van der Waals surface area contributed by atoms with Gasteiger partial charge in [-0.05, 0) is 62.4 Å². The second-order valence-electron chi connectivity index (χ2n) is 7.38. The molecule has 0 spiro atoms. The average molecular weight is 339 g/mol. The Morgan fingerprint density at radius 3 is 2.80 bits per heavy atom. The minimum atomic E-state index is -0.239. The molecule has 25 heavy (non-hydrogen) atoms. The van der Waals surface area contributed by atoms with Crippen molar-refractivity contribution in [3.8, 4) is 0 Å². The predicted molar refractivity (Wildman–Crippen MR) is 97.0 cm³/mol. The summed E-state index contributed by atoms with van der Waals surface area (Å²) in [6.07, 6.45) is 5.47. The van der Waals surface area contributed by atoms with Gasteiger partial charge in [0.25, 0.3) is 0 Å². The van der Waals surface area contributed by atoms with Crippen LogP contribution in [0.1, 0.15) is 37.3 Å². The number of aromatic nitrogens is 1. The SMILES string of the molecule is O=C(CN1CCCC1)N[C@H](c1cnc2ccccc2c1)C1CC(O)C1. The summed E-state index contributed by atoms with van der Waals surface area (Å²) in [5, 5.41) is 14.0. The number of nitrogens with zero attached hydrogens (tertiary/aromatic N) is 2. The highest BCUT2D eigenvalue weighted by atomic mass is 16.3. The summed E-state index contributed by atoms with van der Waals surface area (Å²) in [7, 11) is 0. The summed E-state index contributed by atoms with van der Waals surface area (Å²) in [5.41, 5.74) is 1.99. The Hall–Kier alpha value is -1.98. The van der Waals surface area contributed by atoms with Crippen LogP contribution in [-0.2, 0) is 4.79 Å². The zero-order valence-electron chi connectivity index (χ0n) is 14.4. The fraction of sp³-hybridized carbons (Fsp3) is 0.500. The molecule has 0 bridgehead atoms. The molecule has 132 valence electrons. The van der Waals surface area contributed by atoms with Crippen LogP contribution >= 0.6 is 0 Å². The number of carbonyl (C=O) groups excluding carboxylic acids is 1. The summed E-state index contributed by atoms with van der Waals surface area (Å²) >= 11 is 0. The number of hydrogen-bond donors (Lipinski definition) is 2. The first-order valence-corrected chi connectivity index (χ1v) is 9.23. The zero-order chi connectivity index (χ0) is 17.2. The molecule has 1 saturated carbocycles. The normalized spacial score (nSPS) is 24.8. The number of likely N-dealkylation sites (tertiary alicyclic amines) is 1. The van der Waals surface area contributed by atoms with Gasteiger partial charge in [-0.15, -0.1) is 0 Å². The molecule has 2 N–H and O–H groups in total. The number of rotatable bonds is 5. The van der Waals surface area contributed by atoms with E-state index in [4.69, 9.17) is 0 Å². The Morgan fingerprint density at radius 2 is 2.04 bits per heavy atom. The number of nitrogens with one attached hydrogen (secondary N) is 1. The lowest BCUT2D eigenvalue weighted by Crippen LogP contribution is -2.44. The summed E-state index contributed by atoms with van der Waals surface area (Å²) in [4.78, 5) is 19.3. The van der Waals surface area contributed by atoms with E-state index < -0.39 is 0 Å². The molecule has 1 aromatic heterocycles. The van der Waals surface area contributed by atoms with E-state index in [1.54, 1.807) is 0 Å². The zero-order valence-corrected chi connectivity index (χ0v) is 14.4. The molecule has 1 atom stereocenters. The van der Waals surface area contributed by atoms with Crippen LogP contribution in [0, 0.1) is 5.92 Å². The maximum atomic E-state index is 12.5. The fourth-order valence-electron chi connectivity index (χ4n) is 4.00. The van der Waals surface area contributed by atoms with Gasteiger partial charge in [0.1, 0.15) is 0 Å². The number of aliphatic hydroxyl groups excluding tert-OH is 1. The molecular weight excluding hydrogens is 314 g/mol. The first kappa shape index (κ1) is 16.5. The molecule has 0 unspecified atom stereocenters. The van der Waals surface area contributed by atoms with Gasteiger partial charge in [-0.2, -0.15) is 0 Å². The summed E-state index contributed by atoms with van der Waals surface area (Å²) in [6, 6.07) is 10.1. The van der Waals surface area contributed by atoms with Gasteiger partial charge in [-0.1, -0.05) is 18.2 Å². The van der Waals surface area contributed by atoms with Crippen LogP contribution in [0.5, 0.6) is 0 Å². The van der Waals surface area contributed by atoms with Crippen LogP contribution in [0.4, 0.5) is 0 Å². The van der Waals surface area contributed by atoms with E-state index in [1.165, 1.54) is 12.8 Å². The van der Waals surface area contributed by atoms with Crippen molar-refractivity contribution in [3.63, 3.8) is 0 Å². The van der Waals surface area contributed by atoms with Crippen LogP contribution in [0.25, 0.3) is 10.9 Å². The van der Waals surface area contributed by atoms with E-state index in [-0.39, 0.29) is 24.0 Å². The number of pyridine rings is 1. The average Bonchev–Trinajstić information content (AvgIpc) is 3.09. The van der Waals surface area contributed by atoms with Crippen molar-refractivity contribution in [2.45, 2.75) is 37.8 Å². The number of amides is 1. The smallest absolute Gasteiger partial charge is 0.234 e. The Balaban J connectivity index is 1.53. The van der Waals surface area contributed by atoms with Gasteiger partial charge in [0.2, 0.25) is 5.91 Å². The number of para-hydroxylation sites is 1. The third-order valence-electron chi connectivity index (χ3n) is 5.47. The van der Waals surface area contributed by atoms with Gasteiger partial charge in [0.15, 0.2) is 0 Å². The first-order chi connectivity index (χ1) is 12.2. The number of benzene rings is 1. The quantitative estimate of drug-likeness (QED) is 0.877. The van der Waals surface area contributed by atoms with E-state index in [1.807, 2.05) is 30.5 Å². The second kappa shape index (κ2) is 7.10. The summed E-state index contributed by atoms with van der Waals surface area (Å²) in [6.45, 7) is 2.49. The van der Waals surface area contributed by atoms with Crippen molar-refractivity contribution in [2.75, 3.05) is 19.6 Å². The van der Waals surface area contributed by atoms with Crippen molar-refractivity contribution in [1.82, 2.24) is 15.2 Å². The number of fused-ring (bicyclic) bond motifs is 1. The fourth-order valence-corrected chi connectivity index (χ4v) is 4.00. The molecule has 1 amide bonds. The molecule has 5 heteroatoms. The third-order valence-corrected chi connectivity index (χ3v) is 5.47. The minimum absolute atomic E-state index is 0.0708. The van der Waals surface area contributed by atoms with Crippen LogP contribution in [0.15, 0.2) is 36.5 Å². The summed E-state index contributed by atoms with van der Waals surface area (Å²) < 4.78 is 0. The van der Waals surface area contributed by atoms with Crippen molar-refractivity contribution >= 4 is 16.8 Å². The molecule has 4 rings (SSSR count). The molecule has 0 radical (unpaired) electrons. The largest absolute Gasteiger partial charge is 0.393 e. The molecule has 2 aromatic rings. The molecule has 5 nitrogen and oxygen atoms in total. The molecule has 1 saturated heterocycles. The van der Waals surface area contributed by atoms with Crippen molar-refractivity contribution in [3.05, 3.63) is 42.1 Å². The molecule has 2 fully saturated rings. The van der Waals surface area contributed by atoms with Gasteiger partial charge < -0.3 is 10.4 Å². The lowest BCUT2D eigenvalue weighted by molar-refractivity contribution is -0.124. The molecular formula is C20H25N3O2. The third kappa shape index (κ3) is 3.67. The Bertz CT molecular complexity index is 751. The lowest BCUT2D eigenvalue weighted by atomic mass is 9.75. The van der Waals surface area contributed by atoms with Crippen LogP contribution < -0.4 is 5.32 Å². The Kier molecular flexibility index (Phi) is 4.68. The topological polar surface area (TPSA) is 65.5 Å². The van der Waals surface area contributed by atoms with Gasteiger partial charge in [0, 0.05) is 11.6 Å². The second-order valence-corrected chi connectivity index (χ2v) is 7.38. The molecule has 2 aliphatic rings. The molecule has 1 aromatic carbocycles. The van der Waals surface area contributed by atoms with Crippen LogP contribution in [0.3, 0.4) is 0 Å². The van der Waals surface area contributed by atoms with Gasteiger partial charge in [-0.25, -0.2) is 0 Å². The van der Waals surface area contributed by atoms with Gasteiger partial charge >= 0.3 is 0 Å². The van der Waals surface area contributed by atoms with Gasteiger partial charge in [0.05, 0.1) is 24.2 Å². The maximum absolute atomic E-state index is 12.5. The maximum Gasteiger partial charge on any atom is 0.234 e. The van der Waals surface area contributed by atoms with E-state index in [0.29, 0.717) is 6.54 Å². The number of carbonyl (C=O) groups is 1. The number of aliphatic hydroxyl groups is 1. The Labute approximate surface area is 148 Å². The highest BCUT2D eigenvalue weighted by molar-refractivity contribution is 5.80. The van der Waals surface area contributed by atoms with Crippen LogP contribution in [-0.4, -0.2) is 46.6 Å². The number of hydrogen-bond acceptors (Lipinski definition) is 4. The molecule has 2 heterocycles. The predicted octanol–water partition coefficient (Wildman–Crippen LogP) is 2.26. The highest BCUT2D eigenvalue weighted by Gasteiger charge is 2.36. The lowest BCUT2D eigenvalue weighted by Gasteiger charge is -2.38. The van der Waals surface area contributed by atoms with E-state index in [9.17, 15) is 9.90 Å². The summed E-state index contributed by atoms with van der Waals surface area (Å²) in [5.74, 6) is 0.349. The Morgan fingerprint density at radius 1 is 1.28 bits per heavy atom. The standard InChI is InChI=1S/C20H25N3O2/c24-17-10-15(11-17)20(22-19(25)13-23-7-3-4-8-23)16-9-14-5-1-2-6-18(14)21-12-16/h1-2,5-6,9,12,15,17,20,24H,3-4,7-8,10-11,13H2,(H,22,25)/t15?,17?,20-/m0/s1. The van der Waals surface area contributed by atoms with E-state index in [2.05, 4.69) is 21.3 Å². The minimum Gasteiger partial charge on any atom is -0.393 e. The molecule has 1 aliphatic heterocycles. The van der Waals surface area contributed by atoms with E-state index >= 15 is 0 Å². The first-order valence-electron chi connectivity index (χ1n) is 9.23. The van der Waals surface area contributed by atoms with Gasteiger partial charge in [-0.3, -0.25) is 14.7 Å². The molecule has 1 aliphatic carbocycles. The van der Waals surface area contributed by atoms with Crippen molar-refractivity contribution in [1.29, 1.82) is 0 Å². The van der Waals surface area contributed by atoms with Crippen molar-refractivity contribution in [2.24, 2.45) is 5.92 Å². The van der Waals surface area contributed by atoms with E-state index in [0.717, 1.165) is 42.4 Å². The monoisotopic (exact) mass is 339 g/mol. The van der Waals surface area contributed by atoms with Crippen molar-refractivity contribution < 1.29 is 9.90 Å². The van der Waals surface area contributed by atoms with Crippen LogP contribution in [0.2, 0.25) is 0 Å².